The Hall–Kier alpha value is -2.23. The van der Waals surface area contributed by atoms with Crippen molar-refractivity contribution in [3.8, 4) is 0 Å². The zero-order valence-electron chi connectivity index (χ0n) is 13.3. The Kier molecular flexibility index (Phi) is 4.63. The van der Waals surface area contributed by atoms with Gasteiger partial charge in [0, 0.05) is 13.1 Å². The molecule has 3 rings (SSSR count). The standard InChI is InChI=1S/C15H16F3N5OS/c1-9(25-14-21-20-13(23(14)19)15(16,17)18)12(24)22-7-6-10-4-2-3-5-11(10)8-22/h2-5,9H,6-8,19H2,1H3/t9-/m0/s1. The molecule has 134 valence electrons. The Morgan fingerprint density at radius 3 is 2.60 bits per heavy atom. The number of alkyl halides is 3. The van der Waals surface area contributed by atoms with E-state index < -0.39 is 17.3 Å². The van der Waals surface area contributed by atoms with E-state index >= 15 is 0 Å². The van der Waals surface area contributed by atoms with Crippen molar-refractivity contribution in [2.45, 2.75) is 36.5 Å². The van der Waals surface area contributed by atoms with Crippen LogP contribution in [0.1, 0.15) is 23.9 Å². The fraction of sp³-hybridized carbons (Fsp3) is 0.400. The Labute approximate surface area is 146 Å². The van der Waals surface area contributed by atoms with E-state index in [9.17, 15) is 18.0 Å². The predicted molar refractivity (Wildman–Crippen MR) is 86.1 cm³/mol. The number of fused-ring (bicyclic) bond motifs is 1. The van der Waals surface area contributed by atoms with Gasteiger partial charge in [0.15, 0.2) is 0 Å². The number of aromatic nitrogens is 3. The number of hydrogen-bond acceptors (Lipinski definition) is 5. The van der Waals surface area contributed by atoms with Crippen LogP contribution < -0.4 is 5.84 Å². The Morgan fingerprint density at radius 2 is 1.96 bits per heavy atom. The zero-order valence-corrected chi connectivity index (χ0v) is 14.1. The first kappa shape index (κ1) is 17.6. The lowest BCUT2D eigenvalue weighted by atomic mass is 10.00. The van der Waals surface area contributed by atoms with Crippen LogP contribution in [-0.4, -0.2) is 37.5 Å². The Balaban J connectivity index is 1.69. The van der Waals surface area contributed by atoms with E-state index in [0.717, 1.165) is 23.7 Å². The highest BCUT2D eigenvalue weighted by molar-refractivity contribution is 8.00. The van der Waals surface area contributed by atoms with E-state index in [0.29, 0.717) is 17.8 Å². The van der Waals surface area contributed by atoms with Crippen molar-refractivity contribution in [3.63, 3.8) is 0 Å². The molecule has 2 aromatic rings. The molecular weight excluding hydrogens is 355 g/mol. The van der Waals surface area contributed by atoms with E-state index in [1.807, 2.05) is 24.3 Å². The minimum absolute atomic E-state index is 0.148. The van der Waals surface area contributed by atoms with Gasteiger partial charge in [0.25, 0.3) is 5.82 Å². The summed E-state index contributed by atoms with van der Waals surface area (Å²) in [6.07, 6.45) is -3.94. The molecule has 1 aromatic carbocycles. The average Bonchev–Trinajstić information content (AvgIpc) is 2.94. The second-order valence-electron chi connectivity index (χ2n) is 5.71. The van der Waals surface area contributed by atoms with Crippen molar-refractivity contribution in [1.29, 1.82) is 0 Å². The molecule has 0 radical (unpaired) electrons. The third-order valence-corrected chi connectivity index (χ3v) is 5.03. The number of carbonyl (C=O) groups excluding carboxylic acids is 1. The fourth-order valence-electron chi connectivity index (χ4n) is 2.70. The summed E-state index contributed by atoms with van der Waals surface area (Å²) >= 11 is 0.863. The number of nitrogens with two attached hydrogens (primary N) is 1. The maximum atomic E-state index is 12.7. The summed E-state index contributed by atoms with van der Waals surface area (Å²) in [4.78, 5) is 14.3. The van der Waals surface area contributed by atoms with Crippen LogP contribution in [0.15, 0.2) is 29.4 Å². The number of thioether (sulfide) groups is 1. The second-order valence-corrected chi connectivity index (χ2v) is 7.02. The van der Waals surface area contributed by atoms with E-state index in [4.69, 9.17) is 5.84 Å². The van der Waals surface area contributed by atoms with Gasteiger partial charge in [-0.2, -0.15) is 13.2 Å². The van der Waals surface area contributed by atoms with Gasteiger partial charge in [0.1, 0.15) is 0 Å². The van der Waals surface area contributed by atoms with Crippen molar-refractivity contribution in [3.05, 3.63) is 41.2 Å². The molecular formula is C15H16F3N5OS. The lowest BCUT2D eigenvalue weighted by Crippen LogP contribution is -2.40. The summed E-state index contributed by atoms with van der Waals surface area (Å²) in [5, 5.41) is 5.73. The summed E-state index contributed by atoms with van der Waals surface area (Å²) in [6.45, 7) is 2.68. The van der Waals surface area contributed by atoms with E-state index in [1.165, 1.54) is 5.56 Å². The molecule has 0 spiro atoms. The lowest BCUT2D eigenvalue weighted by Gasteiger charge is -2.30. The topological polar surface area (TPSA) is 77.0 Å². The van der Waals surface area contributed by atoms with Gasteiger partial charge in [-0.15, -0.1) is 10.2 Å². The summed E-state index contributed by atoms with van der Waals surface area (Å²) < 4.78 is 38.5. The summed E-state index contributed by atoms with van der Waals surface area (Å²) in [5.74, 6) is 3.94. The molecule has 1 amide bonds. The molecule has 0 aliphatic carbocycles. The normalized spacial score (nSPS) is 15.8. The highest BCUT2D eigenvalue weighted by Gasteiger charge is 2.39. The van der Waals surface area contributed by atoms with Gasteiger partial charge in [-0.05, 0) is 24.5 Å². The fourth-order valence-corrected chi connectivity index (χ4v) is 3.55. The molecule has 0 fully saturated rings. The maximum Gasteiger partial charge on any atom is 0.453 e. The van der Waals surface area contributed by atoms with Crippen LogP contribution in [0.5, 0.6) is 0 Å². The third-order valence-electron chi connectivity index (χ3n) is 3.99. The molecule has 0 unspecified atom stereocenters. The quantitative estimate of drug-likeness (QED) is 0.660. The highest BCUT2D eigenvalue weighted by Crippen LogP contribution is 2.31. The van der Waals surface area contributed by atoms with Crippen molar-refractivity contribution >= 4 is 17.7 Å². The van der Waals surface area contributed by atoms with Crippen molar-refractivity contribution in [1.82, 2.24) is 19.8 Å². The summed E-state index contributed by atoms with van der Waals surface area (Å²) in [7, 11) is 0. The molecule has 1 aliphatic heterocycles. The number of rotatable bonds is 3. The second kappa shape index (κ2) is 6.58. The summed E-state index contributed by atoms with van der Waals surface area (Å²) in [6, 6.07) is 7.88. The van der Waals surface area contributed by atoms with Gasteiger partial charge < -0.3 is 10.7 Å². The molecule has 2 N–H and O–H groups in total. The van der Waals surface area contributed by atoms with Crippen molar-refractivity contribution in [2.24, 2.45) is 0 Å². The molecule has 0 saturated heterocycles. The van der Waals surface area contributed by atoms with Crippen LogP contribution >= 0.6 is 11.8 Å². The molecule has 10 heteroatoms. The highest BCUT2D eigenvalue weighted by atomic mass is 32.2. The van der Waals surface area contributed by atoms with Crippen LogP contribution in [0.25, 0.3) is 0 Å². The third kappa shape index (κ3) is 3.58. The van der Waals surface area contributed by atoms with Gasteiger partial charge in [-0.3, -0.25) is 4.79 Å². The minimum atomic E-state index is -4.69. The Morgan fingerprint density at radius 1 is 1.28 bits per heavy atom. The van der Waals surface area contributed by atoms with Crippen LogP contribution in [0.4, 0.5) is 13.2 Å². The molecule has 0 saturated carbocycles. The van der Waals surface area contributed by atoms with E-state index in [-0.39, 0.29) is 11.1 Å². The van der Waals surface area contributed by atoms with Crippen LogP contribution in [0, 0.1) is 0 Å². The van der Waals surface area contributed by atoms with Crippen LogP contribution in [0.3, 0.4) is 0 Å². The van der Waals surface area contributed by atoms with Crippen molar-refractivity contribution in [2.75, 3.05) is 12.4 Å². The Bertz CT molecular complexity index is 792. The molecule has 0 bridgehead atoms. The van der Waals surface area contributed by atoms with Gasteiger partial charge in [-0.25, -0.2) is 4.68 Å². The molecule has 6 nitrogen and oxygen atoms in total. The van der Waals surface area contributed by atoms with Gasteiger partial charge in [-0.1, -0.05) is 36.0 Å². The lowest BCUT2D eigenvalue weighted by molar-refractivity contribution is -0.146. The molecule has 2 heterocycles. The number of benzene rings is 1. The number of amides is 1. The molecule has 1 atom stereocenters. The van der Waals surface area contributed by atoms with Gasteiger partial charge in [0.05, 0.1) is 5.25 Å². The first-order valence-corrected chi connectivity index (χ1v) is 8.45. The molecule has 1 aromatic heterocycles. The first-order chi connectivity index (χ1) is 11.8. The van der Waals surface area contributed by atoms with Crippen molar-refractivity contribution < 1.29 is 18.0 Å². The predicted octanol–water partition coefficient (Wildman–Crippen LogP) is 2.08. The smallest absolute Gasteiger partial charge is 0.337 e. The number of nitrogen functional groups attached to an aromatic ring is 1. The zero-order chi connectivity index (χ0) is 18.2. The van der Waals surface area contributed by atoms with Crippen LogP contribution in [-0.2, 0) is 23.9 Å². The summed E-state index contributed by atoms with van der Waals surface area (Å²) in [5.41, 5.74) is 2.30. The molecule has 1 aliphatic rings. The number of nitrogens with zero attached hydrogens (tertiary/aromatic N) is 4. The first-order valence-electron chi connectivity index (χ1n) is 7.57. The monoisotopic (exact) mass is 371 g/mol. The van der Waals surface area contributed by atoms with E-state index in [1.54, 1.807) is 11.8 Å². The van der Waals surface area contributed by atoms with Gasteiger partial charge >= 0.3 is 6.18 Å². The average molecular weight is 371 g/mol. The van der Waals surface area contributed by atoms with Gasteiger partial charge in [0.2, 0.25) is 11.1 Å². The SMILES string of the molecule is C[C@H](Sc1nnc(C(F)(F)F)n1N)C(=O)N1CCc2ccccc2C1. The minimum Gasteiger partial charge on any atom is -0.337 e. The van der Waals surface area contributed by atoms with E-state index in [2.05, 4.69) is 10.2 Å². The number of halogens is 3. The molecule has 25 heavy (non-hydrogen) atoms. The maximum absolute atomic E-state index is 12.7. The number of hydrogen-bond donors (Lipinski definition) is 1. The van der Waals surface area contributed by atoms with Crippen LogP contribution in [0.2, 0.25) is 0 Å². The largest absolute Gasteiger partial charge is 0.453 e. The number of carbonyl (C=O) groups is 1.